The average Bonchev–Trinajstić information content (AvgIpc) is 2.64. The lowest BCUT2D eigenvalue weighted by Crippen LogP contribution is -2.28. The summed E-state index contributed by atoms with van der Waals surface area (Å²) in [5.41, 5.74) is 4.02. The molecule has 1 aliphatic carbocycles. The number of aliphatic hydroxyl groups is 1. The van der Waals surface area contributed by atoms with Crippen molar-refractivity contribution in [1.82, 2.24) is 0 Å². The Labute approximate surface area is 143 Å². The van der Waals surface area contributed by atoms with Crippen molar-refractivity contribution in [3.05, 3.63) is 53.6 Å². The Morgan fingerprint density at radius 1 is 1.04 bits per heavy atom. The van der Waals surface area contributed by atoms with E-state index in [0.717, 1.165) is 48.1 Å². The van der Waals surface area contributed by atoms with E-state index in [-0.39, 0.29) is 12.1 Å². The molecule has 0 spiro atoms. The van der Waals surface area contributed by atoms with Crippen molar-refractivity contribution in [3.63, 3.8) is 0 Å². The van der Waals surface area contributed by atoms with Gasteiger partial charge in [0.1, 0.15) is 6.07 Å². The summed E-state index contributed by atoms with van der Waals surface area (Å²) in [4.78, 5) is 0. The van der Waals surface area contributed by atoms with Gasteiger partial charge in [-0.25, -0.2) is 0 Å². The Balaban J connectivity index is 2.00. The van der Waals surface area contributed by atoms with Gasteiger partial charge in [-0.3, -0.25) is 0 Å². The molecule has 0 atom stereocenters. The van der Waals surface area contributed by atoms with E-state index >= 15 is 0 Å². The molecule has 0 bridgehead atoms. The summed E-state index contributed by atoms with van der Waals surface area (Å²) in [6.07, 6.45) is 8.92. The normalized spacial score (nSPS) is 20.0. The third-order valence-electron chi connectivity index (χ3n) is 4.60. The monoisotopic (exact) mass is 316 g/mol. The van der Waals surface area contributed by atoms with Gasteiger partial charge >= 0.3 is 0 Å². The molecular formula is C21H20N2O. The molecule has 0 radical (unpaired) electrons. The van der Waals surface area contributed by atoms with E-state index in [9.17, 15) is 10.4 Å². The Morgan fingerprint density at radius 3 is 2.38 bits per heavy atom. The molecule has 2 aromatic rings. The highest BCUT2D eigenvalue weighted by Crippen LogP contribution is 2.33. The number of nitriles is 1. The van der Waals surface area contributed by atoms with Crippen molar-refractivity contribution >= 4 is 5.69 Å². The van der Waals surface area contributed by atoms with Crippen molar-refractivity contribution in [1.29, 1.82) is 5.26 Å². The standard InChI is InChI=1S/C21H20N2O/c1-2-19-20(15-6-4-3-5-7-15)13-8-16(14-22)21(19)23-17-9-11-18(24)12-10-17/h1,3-8,13,17-18,23-24H,9-12H2. The van der Waals surface area contributed by atoms with Gasteiger partial charge in [-0.2, -0.15) is 5.26 Å². The van der Waals surface area contributed by atoms with E-state index in [0.29, 0.717) is 5.56 Å². The van der Waals surface area contributed by atoms with Gasteiger partial charge in [0.15, 0.2) is 0 Å². The SMILES string of the molecule is C#Cc1c(-c2ccccc2)ccc(C#N)c1NC1CCC(O)CC1. The second-order valence-corrected chi connectivity index (χ2v) is 6.18. The molecule has 0 heterocycles. The first-order valence-electron chi connectivity index (χ1n) is 8.26. The van der Waals surface area contributed by atoms with E-state index < -0.39 is 0 Å². The van der Waals surface area contributed by atoms with Crippen LogP contribution in [0.4, 0.5) is 5.69 Å². The largest absolute Gasteiger partial charge is 0.393 e. The first-order chi connectivity index (χ1) is 11.7. The second-order valence-electron chi connectivity index (χ2n) is 6.18. The highest BCUT2D eigenvalue weighted by atomic mass is 16.3. The molecule has 1 fully saturated rings. The van der Waals surface area contributed by atoms with Crippen LogP contribution in [0.2, 0.25) is 0 Å². The molecule has 24 heavy (non-hydrogen) atoms. The molecule has 0 unspecified atom stereocenters. The van der Waals surface area contributed by atoms with E-state index in [1.807, 2.05) is 42.5 Å². The number of anilines is 1. The maximum absolute atomic E-state index is 9.67. The van der Waals surface area contributed by atoms with Crippen LogP contribution in [0, 0.1) is 23.7 Å². The number of hydrogen-bond acceptors (Lipinski definition) is 3. The molecule has 2 aromatic carbocycles. The lowest BCUT2D eigenvalue weighted by molar-refractivity contribution is 0.126. The summed E-state index contributed by atoms with van der Waals surface area (Å²) < 4.78 is 0. The van der Waals surface area contributed by atoms with Crippen LogP contribution in [0.15, 0.2) is 42.5 Å². The van der Waals surface area contributed by atoms with Gasteiger partial charge in [-0.15, -0.1) is 6.42 Å². The average molecular weight is 316 g/mol. The molecule has 3 rings (SSSR count). The Kier molecular flexibility index (Phi) is 4.85. The maximum Gasteiger partial charge on any atom is 0.101 e. The van der Waals surface area contributed by atoms with Gasteiger partial charge in [0.25, 0.3) is 0 Å². The van der Waals surface area contributed by atoms with Crippen LogP contribution in [0.5, 0.6) is 0 Å². The number of benzene rings is 2. The van der Waals surface area contributed by atoms with Gasteiger partial charge in [0.05, 0.1) is 22.9 Å². The first-order valence-corrected chi connectivity index (χ1v) is 8.26. The number of rotatable bonds is 3. The second kappa shape index (κ2) is 7.21. The molecule has 2 N–H and O–H groups in total. The maximum atomic E-state index is 9.67. The van der Waals surface area contributed by atoms with Crippen LogP contribution >= 0.6 is 0 Å². The lowest BCUT2D eigenvalue weighted by atomic mass is 9.91. The molecule has 0 aromatic heterocycles. The van der Waals surface area contributed by atoms with Gasteiger partial charge in [-0.1, -0.05) is 42.3 Å². The van der Waals surface area contributed by atoms with Crippen molar-refractivity contribution < 1.29 is 5.11 Å². The fraction of sp³-hybridized carbons (Fsp3) is 0.286. The van der Waals surface area contributed by atoms with E-state index in [2.05, 4.69) is 17.3 Å². The van der Waals surface area contributed by atoms with Crippen molar-refractivity contribution in [3.8, 4) is 29.5 Å². The van der Waals surface area contributed by atoms with Gasteiger partial charge in [0.2, 0.25) is 0 Å². The van der Waals surface area contributed by atoms with E-state index in [4.69, 9.17) is 6.42 Å². The fourth-order valence-corrected chi connectivity index (χ4v) is 3.28. The smallest absolute Gasteiger partial charge is 0.101 e. The zero-order chi connectivity index (χ0) is 16.9. The minimum absolute atomic E-state index is 0.207. The predicted octanol–water partition coefficient (Wildman–Crippen LogP) is 3.92. The van der Waals surface area contributed by atoms with Crippen LogP contribution in [-0.4, -0.2) is 17.3 Å². The van der Waals surface area contributed by atoms with Crippen molar-refractivity contribution in [2.75, 3.05) is 5.32 Å². The van der Waals surface area contributed by atoms with Gasteiger partial charge in [-0.05, 0) is 42.9 Å². The zero-order valence-electron chi connectivity index (χ0n) is 13.5. The highest BCUT2D eigenvalue weighted by molar-refractivity contribution is 5.82. The van der Waals surface area contributed by atoms with Crippen LogP contribution in [0.3, 0.4) is 0 Å². The molecular weight excluding hydrogens is 296 g/mol. The lowest BCUT2D eigenvalue weighted by Gasteiger charge is -2.28. The number of aliphatic hydroxyl groups excluding tert-OH is 1. The topological polar surface area (TPSA) is 56.0 Å². The number of nitrogens with one attached hydrogen (secondary N) is 1. The minimum atomic E-state index is -0.207. The van der Waals surface area contributed by atoms with Crippen molar-refractivity contribution in [2.45, 2.75) is 37.8 Å². The van der Waals surface area contributed by atoms with Gasteiger partial charge in [0, 0.05) is 6.04 Å². The van der Waals surface area contributed by atoms with Crippen LogP contribution in [0.1, 0.15) is 36.8 Å². The van der Waals surface area contributed by atoms with Crippen LogP contribution < -0.4 is 5.32 Å². The predicted molar refractivity (Wildman–Crippen MR) is 96.4 cm³/mol. The molecule has 3 nitrogen and oxygen atoms in total. The third kappa shape index (κ3) is 3.27. The number of hydrogen-bond donors (Lipinski definition) is 2. The molecule has 0 aliphatic heterocycles. The molecule has 1 aliphatic rings. The minimum Gasteiger partial charge on any atom is -0.393 e. The third-order valence-corrected chi connectivity index (χ3v) is 4.60. The van der Waals surface area contributed by atoms with Crippen LogP contribution in [-0.2, 0) is 0 Å². The fourth-order valence-electron chi connectivity index (χ4n) is 3.28. The Hall–Kier alpha value is -2.75. The first kappa shape index (κ1) is 16.1. The van der Waals surface area contributed by atoms with Crippen LogP contribution in [0.25, 0.3) is 11.1 Å². The van der Waals surface area contributed by atoms with E-state index in [1.165, 1.54) is 0 Å². The summed E-state index contributed by atoms with van der Waals surface area (Å²) in [5.74, 6) is 2.77. The number of nitrogens with zero attached hydrogens (tertiary/aromatic N) is 1. The zero-order valence-corrected chi connectivity index (χ0v) is 13.5. The molecule has 0 saturated heterocycles. The molecule has 1 saturated carbocycles. The highest BCUT2D eigenvalue weighted by Gasteiger charge is 2.22. The molecule has 120 valence electrons. The van der Waals surface area contributed by atoms with Gasteiger partial charge < -0.3 is 10.4 Å². The summed E-state index contributed by atoms with van der Waals surface area (Å²) in [7, 11) is 0. The molecule has 3 heteroatoms. The summed E-state index contributed by atoms with van der Waals surface area (Å²) >= 11 is 0. The summed E-state index contributed by atoms with van der Waals surface area (Å²) in [6, 6.07) is 16.2. The summed E-state index contributed by atoms with van der Waals surface area (Å²) in [5, 5.41) is 22.6. The van der Waals surface area contributed by atoms with E-state index in [1.54, 1.807) is 0 Å². The number of terminal acetylenes is 1. The van der Waals surface area contributed by atoms with Crippen molar-refractivity contribution in [2.24, 2.45) is 0 Å². The Morgan fingerprint density at radius 2 is 1.75 bits per heavy atom. The molecule has 0 amide bonds. The Bertz CT molecular complexity index is 791. The quantitative estimate of drug-likeness (QED) is 0.844. The summed E-state index contributed by atoms with van der Waals surface area (Å²) in [6.45, 7) is 0.